The Labute approximate surface area is 195 Å². The molecule has 1 saturated heterocycles. The molecule has 2 aliphatic rings. The van der Waals surface area contributed by atoms with Crippen molar-refractivity contribution in [2.75, 3.05) is 5.32 Å². The molecule has 0 aromatic heterocycles. The van der Waals surface area contributed by atoms with E-state index in [1.807, 2.05) is 56.0 Å². The van der Waals surface area contributed by atoms with E-state index in [1.165, 1.54) is 0 Å². The van der Waals surface area contributed by atoms with E-state index in [0.29, 0.717) is 29.2 Å². The van der Waals surface area contributed by atoms with Gasteiger partial charge >= 0.3 is 0 Å². The van der Waals surface area contributed by atoms with Gasteiger partial charge < -0.3 is 15.5 Å². The van der Waals surface area contributed by atoms with E-state index in [2.05, 4.69) is 10.6 Å². The maximum absolute atomic E-state index is 13.4. The van der Waals surface area contributed by atoms with Crippen molar-refractivity contribution in [2.24, 2.45) is 5.92 Å². The number of hydrogen-bond acceptors (Lipinski definition) is 3. The zero-order valence-corrected chi connectivity index (χ0v) is 19.6. The minimum Gasteiger partial charge on any atom is -0.347 e. The first-order valence-corrected chi connectivity index (χ1v) is 11.8. The summed E-state index contributed by atoms with van der Waals surface area (Å²) in [5, 5.41) is 5.91. The molecule has 6 heteroatoms. The predicted octanol–water partition coefficient (Wildman–Crippen LogP) is 4.63. The maximum Gasteiger partial charge on any atom is 0.254 e. The highest BCUT2D eigenvalue weighted by atomic mass is 16.2. The minimum absolute atomic E-state index is 0.0700. The van der Waals surface area contributed by atoms with Crippen molar-refractivity contribution in [3.8, 4) is 0 Å². The number of anilines is 1. The molecule has 2 aromatic rings. The summed E-state index contributed by atoms with van der Waals surface area (Å²) in [5.74, 6) is -0.0227. The van der Waals surface area contributed by atoms with Crippen LogP contribution in [0.25, 0.3) is 0 Å². The molecule has 4 rings (SSSR count). The fourth-order valence-electron chi connectivity index (χ4n) is 5.06. The van der Waals surface area contributed by atoms with Crippen LogP contribution in [0, 0.1) is 5.92 Å². The van der Waals surface area contributed by atoms with Gasteiger partial charge in [-0.2, -0.15) is 0 Å². The van der Waals surface area contributed by atoms with E-state index in [1.54, 1.807) is 24.3 Å². The Bertz CT molecular complexity index is 1010. The molecule has 1 aliphatic carbocycles. The molecule has 6 nitrogen and oxygen atoms in total. The van der Waals surface area contributed by atoms with Crippen LogP contribution in [-0.4, -0.2) is 40.2 Å². The lowest BCUT2D eigenvalue weighted by Gasteiger charge is -2.33. The highest BCUT2D eigenvalue weighted by molar-refractivity contribution is 6.02. The van der Waals surface area contributed by atoms with Crippen molar-refractivity contribution in [2.45, 2.75) is 70.5 Å². The third-order valence-electron chi connectivity index (χ3n) is 6.55. The maximum atomic E-state index is 13.4. The number of carbonyl (C=O) groups is 3. The molecule has 0 bridgehead atoms. The van der Waals surface area contributed by atoms with E-state index >= 15 is 0 Å². The highest BCUT2D eigenvalue weighted by Crippen LogP contribution is 2.40. The monoisotopic (exact) mass is 447 g/mol. The van der Waals surface area contributed by atoms with Gasteiger partial charge in [-0.25, -0.2) is 0 Å². The normalized spacial score (nSPS) is 22.4. The molecule has 1 saturated carbocycles. The third kappa shape index (κ3) is 5.27. The van der Waals surface area contributed by atoms with Crippen molar-refractivity contribution in [1.82, 2.24) is 10.2 Å². The van der Waals surface area contributed by atoms with Crippen molar-refractivity contribution < 1.29 is 14.4 Å². The molecule has 3 atom stereocenters. The van der Waals surface area contributed by atoms with E-state index < -0.39 is 6.04 Å². The Morgan fingerprint density at radius 2 is 1.55 bits per heavy atom. The number of benzene rings is 2. The number of nitrogens with zero attached hydrogens (tertiary/aromatic N) is 1. The summed E-state index contributed by atoms with van der Waals surface area (Å²) < 4.78 is 0. The lowest BCUT2D eigenvalue weighted by atomic mass is 9.84. The van der Waals surface area contributed by atoms with E-state index in [0.717, 1.165) is 25.7 Å². The van der Waals surface area contributed by atoms with Gasteiger partial charge in [0.05, 0.1) is 0 Å². The van der Waals surface area contributed by atoms with Crippen molar-refractivity contribution >= 4 is 23.4 Å². The van der Waals surface area contributed by atoms with Crippen LogP contribution in [0.1, 0.15) is 73.6 Å². The predicted molar refractivity (Wildman–Crippen MR) is 129 cm³/mol. The smallest absolute Gasteiger partial charge is 0.254 e. The summed E-state index contributed by atoms with van der Waals surface area (Å²) in [7, 11) is 0. The third-order valence-corrected chi connectivity index (χ3v) is 6.55. The fraction of sp³-hybridized carbons (Fsp3) is 0.444. The zero-order chi connectivity index (χ0) is 23.6. The van der Waals surface area contributed by atoms with E-state index in [-0.39, 0.29) is 29.3 Å². The summed E-state index contributed by atoms with van der Waals surface area (Å²) in [6.07, 6.45) is 4.95. The minimum atomic E-state index is -0.491. The van der Waals surface area contributed by atoms with Crippen LogP contribution in [-0.2, 0) is 4.79 Å². The summed E-state index contributed by atoms with van der Waals surface area (Å²) in [6.45, 7) is 5.80. The van der Waals surface area contributed by atoms with Gasteiger partial charge in [-0.15, -0.1) is 0 Å². The van der Waals surface area contributed by atoms with Gasteiger partial charge in [-0.1, -0.05) is 31.0 Å². The second kappa shape index (κ2) is 9.38. The Hall–Kier alpha value is -3.15. The number of nitrogens with one attached hydrogen (secondary N) is 2. The van der Waals surface area contributed by atoms with Crippen LogP contribution in [0.4, 0.5) is 5.69 Å². The van der Waals surface area contributed by atoms with Crippen molar-refractivity contribution in [1.29, 1.82) is 0 Å². The number of carbonyl (C=O) groups excluding carboxylic acids is 3. The summed E-state index contributed by atoms with van der Waals surface area (Å²) in [5.41, 5.74) is 1.46. The van der Waals surface area contributed by atoms with Gasteiger partial charge in [0, 0.05) is 28.4 Å². The number of amides is 3. The molecule has 2 fully saturated rings. The second-order valence-corrected chi connectivity index (χ2v) is 10.2. The van der Waals surface area contributed by atoms with Gasteiger partial charge in [0.2, 0.25) is 5.91 Å². The van der Waals surface area contributed by atoms with Gasteiger partial charge in [0.25, 0.3) is 11.8 Å². The molecule has 174 valence electrons. The molecular formula is C27H33N3O3. The van der Waals surface area contributed by atoms with Crippen LogP contribution in [0.2, 0.25) is 0 Å². The Morgan fingerprint density at radius 1 is 0.879 bits per heavy atom. The van der Waals surface area contributed by atoms with Crippen LogP contribution >= 0.6 is 0 Å². The molecule has 2 N–H and O–H groups in total. The molecule has 1 aliphatic heterocycles. The van der Waals surface area contributed by atoms with Gasteiger partial charge in [0.15, 0.2) is 0 Å². The molecular weight excluding hydrogens is 414 g/mol. The van der Waals surface area contributed by atoms with Gasteiger partial charge in [0.1, 0.15) is 6.04 Å². The first kappa shape index (κ1) is 23.0. The SMILES string of the molecule is CC(C)(C)NC(=O)c1ccc(NC(=O)C2CC3CCCCC3N2C(=O)c2ccccc2)cc1. The largest absolute Gasteiger partial charge is 0.347 e. The van der Waals surface area contributed by atoms with Crippen molar-refractivity contribution in [3.63, 3.8) is 0 Å². The average Bonchev–Trinajstić information content (AvgIpc) is 3.18. The molecule has 1 heterocycles. The molecule has 3 unspecified atom stereocenters. The lowest BCUT2D eigenvalue weighted by Crippen LogP contribution is -2.47. The van der Waals surface area contributed by atoms with Crippen LogP contribution in [0.15, 0.2) is 54.6 Å². The summed E-state index contributed by atoms with van der Waals surface area (Å²) >= 11 is 0. The number of rotatable bonds is 4. The molecule has 0 radical (unpaired) electrons. The number of fused-ring (bicyclic) bond motifs is 1. The molecule has 0 spiro atoms. The van der Waals surface area contributed by atoms with Crippen LogP contribution in [0.3, 0.4) is 0 Å². The van der Waals surface area contributed by atoms with E-state index in [9.17, 15) is 14.4 Å². The first-order chi connectivity index (χ1) is 15.7. The quantitative estimate of drug-likeness (QED) is 0.717. The Morgan fingerprint density at radius 3 is 2.21 bits per heavy atom. The summed E-state index contributed by atoms with van der Waals surface area (Å²) in [4.78, 5) is 40.9. The van der Waals surface area contributed by atoms with Crippen LogP contribution < -0.4 is 10.6 Å². The molecule has 2 aromatic carbocycles. The zero-order valence-electron chi connectivity index (χ0n) is 19.6. The average molecular weight is 448 g/mol. The molecule has 33 heavy (non-hydrogen) atoms. The van der Waals surface area contributed by atoms with Gasteiger partial charge in [-0.3, -0.25) is 14.4 Å². The highest BCUT2D eigenvalue weighted by Gasteiger charge is 2.47. The Balaban J connectivity index is 1.50. The van der Waals surface area contributed by atoms with Gasteiger partial charge in [-0.05, 0) is 82.3 Å². The number of likely N-dealkylation sites (tertiary alicyclic amines) is 1. The molecule has 3 amide bonds. The topological polar surface area (TPSA) is 78.5 Å². The Kier molecular flexibility index (Phi) is 6.54. The van der Waals surface area contributed by atoms with E-state index in [4.69, 9.17) is 0 Å². The van der Waals surface area contributed by atoms with Crippen molar-refractivity contribution in [3.05, 3.63) is 65.7 Å². The fourth-order valence-corrected chi connectivity index (χ4v) is 5.06. The lowest BCUT2D eigenvalue weighted by molar-refractivity contribution is -0.120. The second-order valence-electron chi connectivity index (χ2n) is 10.2. The van der Waals surface area contributed by atoms with Crippen LogP contribution in [0.5, 0.6) is 0 Å². The summed E-state index contributed by atoms with van der Waals surface area (Å²) in [6, 6.07) is 15.7. The number of hydrogen-bond donors (Lipinski definition) is 2. The standard InChI is InChI=1S/C27H33N3O3/c1-27(2,3)29-24(31)18-13-15-21(16-14-18)28-25(32)23-17-20-11-7-8-12-22(20)30(23)26(33)19-9-5-4-6-10-19/h4-6,9-10,13-16,20,22-23H,7-8,11-12,17H2,1-3H3,(H,28,32)(H,29,31). The first-order valence-electron chi connectivity index (χ1n) is 11.8.